The van der Waals surface area contributed by atoms with E-state index in [1.807, 2.05) is 0 Å². The lowest BCUT2D eigenvalue weighted by Crippen LogP contribution is -2.49. The lowest BCUT2D eigenvalue weighted by atomic mass is 9.83. The first kappa shape index (κ1) is 21.1. The maximum atomic E-state index is 13.1. The Morgan fingerprint density at radius 1 is 1.00 bits per heavy atom. The second kappa shape index (κ2) is 7.82. The van der Waals surface area contributed by atoms with Gasteiger partial charge in [0.1, 0.15) is 0 Å². The highest BCUT2D eigenvalue weighted by molar-refractivity contribution is 7.92. The molecule has 2 atom stereocenters. The van der Waals surface area contributed by atoms with E-state index in [2.05, 4.69) is 4.72 Å². The van der Waals surface area contributed by atoms with Gasteiger partial charge in [-0.25, -0.2) is 16.8 Å². The van der Waals surface area contributed by atoms with Crippen LogP contribution in [0.4, 0.5) is 5.69 Å². The Balaban J connectivity index is 1.72. The van der Waals surface area contributed by atoms with Gasteiger partial charge in [0.2, 0.25) is 20.0 Å². The summed E-state index contributed by atoms with van der Waals surface area (Å²) in [5.74, 6) is -0.285. The van der Waals surface area contributed by atoms with Gasteiger partial charge in [0.25, 0.3) is 5.56 Å². The molecule has 2 bridgehead atoms. The van der Waals surface area contributed by atoms with Crippen LogP contribution in [0.5, 0.6) is 0 Å². The highest BCUT2D eigenvalue weighted by Crippen LogP contribution is 2.40. The molecule has 0 amide bonds. The van der Waals surface area contributed by atoms with Gasteiger partial charge >= 0.3 is 0 Å². The molecule has 2 aliphatic rings. The van der Waals surface area contributed by atoms with Crippen molar-refractivity contribution in [3.05, 3.63) is 58.5 Å². The molecular formula is C20H25N3O5S2. The number of anilines is 1. The van der Waals surface area contributed by atoms with Gasteiger partial charge in [-0.3, -0.25) is 9.52 Å². The molecule has 1 fully saturated rings. The summed E-state index contributed by atoms with van der Waals surface area (Å²) in [5.41, 5.74) is 0.745. The topological polar surface area (TPSA) is 106 Å². The van der Waals surface area contributed by atoms with Crippen molar-refractivity contribution in [1.82, 2.24) is 8.87 Å². The average Bonchev–Trinajstić information content (AvgIpc) is 2.70. The first-order valence-corrected chi connectivity index (χ1v) is 13.1. The molecule has 1 saturated heterocycles. The van der Waals surface area contributed by atoms with Gasteiger partial charge in [0.05, 0.1) is 16.3 Å². The van der Waals surface area contributed by atoms with Gasteiger partial charge in [-0.2, -0.15) is 4.31 Å². The second-order valence-electron chi connectivity index (χ2n) is 7.94. The Morgan fingerprint density at radius 2 is 1.73 bits per heavy atom. The molecule has 30 heavy (non-hydrogen) atoms. The van der Waals surface area contributed by atoms with Crippen molar-refractivity contribution in [1.29, 1.82) is 0 Å². The molecule has 1 aromatic carbocycles. The highest BCUT2D eigenvalue weighted by Gasteiger charge is 2.40. The fraction of sp³-hybridized carbons (Fsp3) is 0.450. The summed E-state index contributed by atoms with van der Waals surface area (Å²) < 4.78 is 56.7. The zero-order chi connectivity index (χ0) is 21.5. The van der Waals surface area contributed by atoms with E-state index in [9.17, 15) is 21.6 Å². The number of aromatic nitrogens is 1. The number of pyridine rings is 1. The number of hydrogen-bond donors (Lipinski definition) is 1. The van der Waals surface area contributed by atoms with Gasteiger partial charge in [0, 0.05) is 37.3 Å². The third kappa shape index (κ3) is 3.91. The Morgan fingerprint density at radius 3 is 2.43 bits per heavy atom. The predicted molar refractivity (Wildman–Crippen MR) is 114 cm³/mol. The minimum Gasteiger partial charge on any atom is -0.310 e. The van der Waals surface area contributed by atoms with Crippen LogP contribution in [0, 0.1) is 5.92 Å². The average molecular weight is 452 g/mol. The largest absolute Gasteiger partial charge is 0.310 e. The van der Waals surface area contributed by atoms with Crippen LogP contribution in [0.25, 0.3) is 0 Å². The summed E-state index contributed by atoms with van der Waals surface area (Å²) in [4.78, 5) is 12.7. The fourth-order valence-electron chi connectivity index (χ4n) is 4.48. The number of rotatable bonds is 6. The summed E-state index contributed by atoms with van der Waals surface area (Å²) in [6.45, 7) is 2.70. The zero-order valence-corrected chi connectivity index (χ0v) is 18.3. The standard InChI is InChI=1S/C20H25N3O5S2/c1-2-10-29(25,26)21-18-8-9-19(24)23-13-15-11-16(20(18)23)14-22(12-15)30(27,28)17-6-4-3-5-7-17/h3-9,15-16,21H,2,10-14H2,1H3/t15-,16+/m0/s1. The molecule has 4 rings (SSSR count). The summed E-state index contributed by atoms with van der Waals surface area (Å²) in [6.07, 6.45) is 1.19. The fourth-order valence-corrected chi connectivity index (χ4v) is 7.21. The number of nitrogens with one attached hydrogen (secondary N) is 1. The molecule has 2 aromatic rings. The number of nitrogens with zero attached hydrogens (tertiary/aromatic N) is 2. The van der Waals surface area contributed by atoms with Crippen LogP contribution >= 0.6 is 0 Å². The van der Waals surface area contributed by atoms with Gasteiger partial charge in [-0.1, -0.05) is 25.1 Å². The van der Waals surface area contributed by atoms with E-state index in [1.165, 1.54) is 16.4 Å². The quantitative estimate of drug-likeness (QED) is 0.721. The summed E-state index contributed by atoms with van der Waals surface area (Å²) in [7, 11) is -7.21. The van der Waals surface area contributed by atoms with E-state index >= 15 is 0 Å². The molecule has 0 spiro atoms. The van der Waals surface area contributed by atoms with Crippen molar-refractivity contribution < 1.29 is 16.8 Å². The van der Waals surface area contributed by atoms with E-state index in [4.69, 9.17) is 0 Å². The SMILES string of the molecule is CCCS(=O)(=O)Nc1ccc(=O)n2c1[C@@H]1C[C@@H](CN(S(=O)(=O)c3ccccc3)C1)C2. The van der Waals surface area contributed by atoms with E-state index in [0.717, 1.165) is 0 Å². The number of hydrogen-bond acceptors (Lipinski definition) is 5. The first-order valence-electron chi connectivity index (χ1n) is 10.0. The van der Waals surface area contributed by atoms with Crippen molar-refractivity contribution in [2.24, 2.45) is 5.92 Å². The van der Waals surface area contributed by atoms with E-state index < -0.39 is 20.0 Å². The monoisotopic (exact) mass is 451 g/mol. The molecule has 1 aromatic heterocycles. The third-order valence-electron chi connectivity index (χ3n) is 5.68. The number of benzene rings is 1. The number of fused-ring (bicyclic) bond motifs is 4. The van der Waals surface area contributed by atoms with Crippen molar-refractivity contribution in [3.63, 3.8) is 0 Å². The molecule has 0 unspecified atom stereocenters. The molecule has 1 N–H and O–H groups in total. The molecule has 10 heteroatoms. The van der Waals surface area contributed by atoms with Gasteiger partial charge in [-0.05, 0) is 37.0 Å². The Hall–Kier alpha value is -2.17. The number of sulfonamides is 2. The molecule has 3 heterocycles. The second-order valence-corrected chi connectivity index (χ2v) is 11.7. The van der Waals surface area contributed by atoms with Gasteiger partial charge in [-0.15, -0.1) is 0 Å². The molecule has 0 radical (unpaired) electrons. The van der Waals surface area contributed by atoms with Crippen molar-refractivity contribution >= 4 is 25.7 Å². The summed E-state index contributed by atoms with van der Waals surface area (Å²) >= 11 is 0. The van der Waals surface area contributed by atoms with Crippen LogP contribution < -0.4 is 10.3 Å². The molecule has 0 saturated carbocycles. The molecule has 8 nitrogen and oxygen atoms in total. The summed E-state index contributed by atoms with van der Waals surface area (Å²) in [5, 5.41) is 0. The maximum absolute atomic E-state index is 13.1. The predicted octanol–water partition coefficient (Wildman–Crippen LogP) is 1.81. The Bertz CT molecular complexity index is 1210. The minimum absolute atomic E-state index is 0.00469. The Labute approximate surface area is 176 Å². The normalized spacial score (nSPS) is 21.8. The van der Waals surface area contributed by atoms with E-state index in [-0.39, 0.29) is 34.6 Å². The lowest BCUT2D eigenvalue weighted by molar-refractivity contribution is 0.187. The Kier molecular flexibility index (Phi) is 5.50. The molecular weight excluding hydrogens is 426 g/mol. The number of piperidine rings is 1. The summed E-state index contributed by atoms with van der Waals surface area (Å²) in [6, 6.07) is 11.1. The van der Waals surface area contributed by atoms with Crippen LogP contribution in [0.2, 0.25) is 0 Å². The third-order valence-corrected chi connectivity index (χ3v) is 9.00. The molecule has 162 valence electrons. The zero-order valence-electron chi connectivity index (χ0n) is 16.7. The highest BCUT2D eigenvalue weighted by atomic mass is 32.2. The van der Waals surface area contributed by atoms with Crippen LogP contribution in [-0.4, -0.2) is 44.6 Å². The van der Waals surface area contributed by atoms with E-state index in [1.54, 1.807) is 41.8 Å². The van der Waals surface area contributed by atoms with Crippen molar-refractivity contribution in [2.75, 3.05) is 23.6 Å². The van der Waals surface area contributed by atoms with Crippen LogP contribution in [0.1, 0.15) is 31.4 Å². The maximum Gasteiger partial charge on any atom is 0.250 e. The minimum atomic E-state index is -3.67. The van der Waals surface area contributed by atoms with Gasteiger partial charge in [0.15, 0.2) is 0 Å². The van der Waals surface area contributed by atoms with E-state index in [0.29, 0.717) is 37.3 Å². The lowest BCUT2D eigenvalue weighted by Gasteiger charge is -2.42. The van der Waals surface area contributed by atoms with Crippen molar-refractivity contribution in [3.8, 4) is 0 Å². The van der Waals surface area contributed by atoms with Crippen LogP contribution in [-0.2, 0) is 26.6 Å². The smallest absolute Gasteiger partial charge is 0.250 e. The van der Waals surface area contributed by atoms with Crippen molar-refractivity contribution in [2.45, 2.75) is 37.1 Å². The van der Waals surface area contributed by atoms with Crippen LogP contribution in [0.15, 0.2) is 52.2 Å². The van der Waals surface area contributed by atoms with Gasteiger partial charge < -0.3 is 4.57 Å². The van der Waals surface area contributed by atoms with Crippen LogP contribution in [0.3, 0.4) is 0 Å². The molecule has 0 aliphatic carbocycles. The first-order chi connectivity index (χ1) is 14.2. The molecule has 2 aliphatic heterocycles.